The molecule has 126 valence electrons. The number of nitrogens with zero attached hydrogens (tertiary/aromatic N) is 3. The number of ether oxygens (including phenoxy) is 1. The molecule has 2 aromatic rings. The first-order valence-corrected chi connectivity index (χ1v) is 7.17. The molecule has 1 heterocycles. The van der Waals surface area contributed by atoms with Crippen molar-refractivity contribution in [2.24, 2.45) is 0 Å². The van der Waals surface area contributed by atoms with Gasteiger partial charge in [0.1, 0.15) is 24.7 Å². The maximum Gasteiger partial charge on any atom is 0.342 e. The van der Waals surface area contributed by atoms with Gasteiger partial charge in [-0.05, 0) is 35.6 Å². The normalized spacial score (nSPS) is 12.3. The Labute approximate surface area is 137 Å². The minimum atomic E-state index is -0.591. The molecule has 0 bridgehead atoms. The summed E-state index contributed by atoms with van der Waals surface area (Å²) in [6, 6.07) is 5.63. The first-order valence-electron chi connectivity index (χ1n) is 7.17. The van der Waals surface area contributed by atoms with E-state index in [1.54, 1.807) is 13.8 Å². The zero-order valence-corrected chi connectivity index (χ0v) is 13.2. The van der Waals surface area contributed by atoms with Crippen LogP contribution in [0.4, 0.5) is 10.2 Å². The molecule has 0 saturated heterocycles. The van der Waals surface area contributed by atoms with Gasteiger partial charge in [0.05, 0.1) is 0 Å². The number of hydrogen-bond donors (Lipinski definition) is 0. The standard InChI is InChI=1S/C16H16FN3O4/c1-11(10-19-12(2)18-9-15(19)20(22)23)24-16(21)8-5-13-3-6-14(17)7-4-13/h3-9,11H,10H2,1-2H3/b8-5+. The van der Waals surface area contributed by atoms with Crippen LogP contribution in [0.5, 0.6) is 0 Å². The minimum Gasteiger partial charge on any atom is -0.455 e. The van der Waals surface area contributed by atoms with E-state index in [9.17, 15) is 19.3 Å². The number of esters is 1. The second-order valence-electron chi connectivity index (χ2n) is 5.16. The van der Waals surface area contributed by atoms with E-state index in [0.29, 0.717) is 11.4 Å². The molecule has 7 nitrogen and oxygen atoms in total. The number of hydrogen-bond acceptors (Lipinski definition) is 5. The van der Waals surface area contributed by atoms with E-state index < -0.39 is 17.0 Å². The summed E-state index contributed by atoms with van der Waals surface area (Å²) in [5, 5.41) is 10.9. The molecule has 0 aliphatic heterocycles. The molecule has 24 heavy (non-hydrogen) atoms. The lowest BCUT2D eigenvalue weighted by atomic mass is 10.2. The fraction of sp³-hybridized carbons (Fsp3) is 0.250. The van der Waals surface area contributed by atoms with Crippen LogP contribution in [0.3, 0.4) is 0 Å². The van der Waals surface area contributed by atoms with Gasteiger partial charge in [0, 0.05) is 13.0 Å². The molecule has 0 saturated carbocycles. The molecule has 0 spiro atoms. The molecule has 1 unspecified atom stereocenters. The van der Waals surface area contributed by atoms with Gasteiger partial charge in [0.15, 0.2) is 5.82 Å². The van der Waals surface area contributed by atoms with E-state index in [1.165, 1.54) is 41.0 Å². The summed E-state index contributed by atoms with van der Waals surface area (Å²) in [7, 11) is 0. The molecule has 0 fully saturated rings. The maximum atomic E-state index is 12.8. The van der Waals surface area contributed by atoms with Crippen LogP contribution in [0, 0.1) is 22.9 Å². The number of carbonyl (C=O) groups excluding carboxylic acids is 1. The molecule has 8 heteroatoms. The number of aryl methyl sites for hydroxylation is 1. The Morgan fingerprint density at radius 2 is 2.12 bits per heavy atom. The Bertz CT molecular complexity index is 768. The molecule has 0 amide bonds. The molecule has 0 aliphatic carbocycles. The number of rotatable bonds is 6. The summed E-state index contributed by atoms with van der Waals surface area (Å²) in [6.45, 7) is 3.39. The number of carbonyl (C=O) groups is 1. The lowest BCUT2D eigenvalue weighted by Gasteiger charge is -2.11. The highest BCUT2D eigenvalue weighted by Gasteiger charge is 2.21. The second-order valence-corrected chi connectivity index (χ2v) is 5.16. The predicted octanol–water partition coefficient (Wildman–Crippen LogP) is 2.88. The monoisotopic (exact) mass is 333 g/mol. The van der Waals surface area contributed by atoms with Crippen molar-refractivity contribution >= 4 is 17.9 Å². The SMILES string of the molecule is Cc1ncc([N+](=O)[O-])n1CC(C)OC(=O)/C=C/c1ccc(F)cc1. The smallest absolute Gasteiger partial charge is 0.342 e. The van der Waals surface area contributed by atoms with Gasteiger partial charge in [0.25, 0.3) is 0 Å². The van der Waals surface area contributed by atoms with Crippen LogP contribution in [0.2, 0.25) is 0 Å². The molecule has 0 aliphatic rings. The van der Waals surface area contributed by atoms with Crippen molar-refractivity contribution in [2.45, 2.75) is 26.5 Å². The average molecular weight is 333 g/mol. The lowest BCUT2D eigenvalue weighted by molar-refractivity contribution is -0.392. The van der Waals surface area contributed by atoms with E-state index in [2.05, 4.69) is 4.98 Å². The van der Waals surface area contributed by atoms with E-state index in [0.717, 1.165) is 6.20 Å². The van der Waals surface area contributed by atoms with Crippen LogP contribution >= 0.6 is 0 Å². The van der Waals surface area contributed by atoms with Gasteiger partial charge in [-0.2, -0.15) is 0 Å². The van der Waals surface area contributed by atoms with Gasteiger partial charge in [-0.3, -0.25) is 0 Å². The highest BCUT2D eigenvalue weighted by Crippen LogP contribution is 2.15. The molecule has 2 rings (SSSR count). The Morgan fingerprint density at radius 1 is 1.46 bits per heavy atom. The van der Waals surface area contributed by atoms with Crippen LogP contribution in [-0.2, 0) is 16.1 Å². The van der Waals surface area contributed by atoms with Crippen LogP contribution in [0.1, 0.15) is 18.3 Å². The Morgan fingerprint density at radius 3 is 2.75 bits per heavy atom. The van der Waals surface area contributed by atoms with Gasteiger partial charge in [-0.25, -0.2) is 18.7 Å². The molecular formula is C16H16FN3O4. The largest absolute Gasteiger partial charge is 0.455 e. The third-order valence-corrected chi connectivity index (χ3v) is 3.26. The number of benzene rings is 1. The fourth-order valence-electron chi connectivity index (χ4n) is 2.10. The van der Waals surface area contributed by atoms with Crippen molar-refractivity contribution in [3.05, 3.63) is 63.9 Å². The number of imidazole rings is 1. The quantitative estimate of drug-likeness (QED) is 0.351. The zero-order valence-electron chi connectivity index (χ0n) is 13.2. The molecular weight excluding hydrogens is 317 g/mol. The topological polar surface area (TPSA) is 87.3 Å². The summed E-state index contributed by atoms with van der Waals surface area (Å²) in [5.74, 6) is -0.642. The van der Waals surface area contributed by atoms with Crippen molar-refractivity contribution in [3.63, 3.8) is 0 Å². The number of nitro groups is 1. The number of aromatic nitrogens is 2. The number of halogens is 1. The van der Waals surface area contributed by atoms with Gasteiger partial charge < -0.3 is 14.9 Å². The fourth-order valence-corrected chi connectivity index (χ4v) is 2.10. The Kier molecular flexibility index (Phi) is 5.41. The van der Waals surface area contributed by atoms with Gasteiger partial charge >= 0.3 is 11.8 Å². The lowest BCUT2D eigenvalue weighted by Crippen LogP contribution is -2.21. The van der Waals surface area contributed by atoms with Crippen molar-refractivity contribution in [2.75, 3.05) is 0 Å². The average Bonchev–Trinajstić information content (AvgIpc) is 2.88. The van der Waals surface area contributed by atoms with Crippen LogP contribution in [0.25, 0.3) is 6.08 Å². The molecule has 1 atom stereocenters. The second kappa shape index (κ2) is 7.49. The predicted molar refractivity (Wildman–Crippen MR) is 84.6 cm³/mol. The van der Waals surface area contributed by atoms with Crippen LogP contribution in [-0.4, -0.2) is 26.5 Å². The Hall–Kier alpha value is -3.03. The zero-order chi connectivity index (χ0) is 17.7. The molecule has 1 aromatic carbocycles. The summed E-state index contributed by atoms with van der Waals surface area (Å²) in [4.78, 5) is 26.1. The molecule has 0 radical (unpaired) electrons. The van der Waals surface area contributed by atoms with E-state index in [4.69, 9.17) is 4.74 Å². The first-order chi connectivity index (χ1) is 11.4. The summed E-state index contributed by atoms with van der Waals surface area (Å²) >= 11 is 0. The van der Waals surface area contributed by atoms with Crippen LogP contribution in [0.15, 0.2) is 36.5 Å². The van der Waals surface area contributed by atoms with Crippen molar-refractivity contribution in [1.82, 2.24) is 9.55 Å². The molecule has 1 aromatic heterocycles. The highest BCUT2D eigenvalue weighted by atomic mass is 19.1. The summed E-state index contributed by atoms with van der Waals surface area (Å²) in [6.07, 6.45) is 3.30. The highest BCUT2D eigenvalue weighted by molar-refractivity contribution is 5.87. The van der Waals surface area contributed by atoms with Gasteiger partial charge in [0.2, 0.25) is 0 Å². The summed E-state index contributed by atoms with van der Waals surface area (Å²) in [5.41, 5.74) is 0.655. The minimum absolute atomic E-state index is 0.123. The van der Waals surface area contributed by atoms with E-state index in [1.807, 2.05) is 0 Å². The first kappa shape index (κ1) is 17.3. The van der Waals surface area contributed by atoms with Gasteiger partial charge in [-0.1, -0.05) is 12.1 Å². The third-order valence-electron chi connectivity index (χ3n) is 3.26. The summed E-state index contributed by atoms with van der Waals surface area (Å²) < 4.78 is 19.4. The third kappa shape index (κ3) is 4.48. The maximum absolute atomic E-state index is 12.8. The molecule has 0 N–H and O–H groups in total. The van der Waals surface area contributed by atoms with E-state index >= 15 is 0 Å². The van der Waals surface area contributed by atoms with Gasteiger partial charge in [-0.15, -0.1) is 0 Å². The van der Waals surface area contributed by atoms with Crippen molar-refractivity contribution in [1.29, 1.82) is 0 Å². The van der Waals surface area contributed by atoms with Crippen molar-refractivity contribution < 1.29 is 18.8 Å². The Balaban J connectivity index is 1.96. The van der Waals surface area contributed by atoms with Crippen LogP contribution < -0.4 is 0 Å². The van der Waals surface area contributed by atoms with Crippen molar-refractivity contribution in [3.8, 4) is 0 Å². The van der Waals surface area contributed by atoms with E-state index in [-0.39, 0.29) is 18.2 Å².